The molecule has 2 aromatic heterocycles. The van der Waals surface area contributed by atoms with E-state index in [4.69, 9.17) is 0 Å². The van der Waals surface area contributed by atoms with Crippen molar-refractivity contribution in [1.29, 1.82) is 0 Å². The SMILES string of the molecule is Cc1cccc(NC(=O)c2ccc3nc[nH]c3c2)n1. The van der Waals surface area contributed by atoms with E-state index in [0.29, 0.717) is 11.4 Å². The quantitative estimate of drug-likeness (QED) is 0.736. The van der Waals surface area contributed by atoms with Crippen LogP contribution >= 0.6 is 0 Å². The highest BCUT2D eigenvalue weighted by atomic mass is 16.1. The van der Waals surface area contributed by atoms with E-state index in [9.17, 15) is 4.79 Å². The summed E-state index contributed by atoms with van der Waals surface area (Å²) in [5.74, 6) is 0.365. The molecule has 3 rings (SSSR count). The van der Waals surface area contributed by atoms with E-state index in [-0.39, 0.29) is 5.91 Å². The maximum Gasteiger partial charge on any atom is 0.256 e. The van der Waals surface area contributed by atoms with Gasteiger partial charge in [-0.2, -0.15) is 0 Å². The molecule has 19 heavy (non-hydrogen) atoms. The summed E-state index contributed by atoms with van der Waals surface area (Å²) in [5.41, 5.74) is 3.11. The smallest absolute Gasteiger partial charge is 0.256 e. The minimum atomic E-state index is -0.186. The molecule has 5 heteroatoms. The highest BCUT2D eigenvalue weighted by Crippen LogP contribution is 2.13. The molecule has 0 saturated carbocycles. The molecule has 0 fully saturated rings. The number of anilines is 1. The van der Waals surface area contributed by atoms with E-state index in [1.165, 1.54) is 0 Å². The van der Waals surface area contributed by atoms with Crippen LogP contribution in [0.5, 0.6) is 0 Å². The first-order valence-corrected chi connectivity index (χ1v) is 5.90. The number of aromatic amines is 1. The number of rotatable bonds is 2. The molecule has 94 valence electrons. The number of hydrogen-bond donors (Lipinski definition) is 2. The molecule has 2 N–H and O–H groups in total. The Bertz CT molecular complexity index is 748. The molecule has 0 aliphatic rings. The summed E-state index contributed by atoms with van der Waals surface area (Å²) in [6, 6.07) is 10.8. The van der Waals surface area contributed by atoms with Gasteiger partial charge in [0.25, 0.3) is 5.91 Å². The standard InChI is InChI=1S/C14H12N4O/c1-9-3-2-4-13(17-9)18-14(19)10-5-6-11-12(7-10)16-8-15-11/h2-8H,1H3,(H,15,16)(H,17,18,19). The third-order valence-electron chi connectivity index (χ3n) is 2.81. The van der Waals surface area contributed by atoms with Gasteiger partial charge < -0.3 is 10.3 Å². The Morgan fingerprint density at radius 3 is 3.00 bits per heavy atom. The molecular weight excluding hydrogens is 240 g/mol. The van der Waals surface area contributed by atoms with E-state index in [2.05, 4.69) is 20.3 Å². The van der Waals surface area contributed by atoms with Gasteiger partial charge in [-0.05, 0) is 37.3 Å². The van der Waals surface area contributed by atoms with Crippen molar-refractivity contribution in [3.8, 4) is 0 Å². The van der Waals surface area contributed by atoms with Crippen LogP contribution in [-0.4, -0.2) is 20.9 Å². The summed E-state index contributed by atoms with van der Waals surface area (Å²) in [7, 11) is 0. The summed E-state index contributed by atoms with van der Waals surface area (Å²) in [5, 5.41) is 2.77. The number of amides is 1. The van der Waals surface area contributed by atoms with Crippen LogP contribution in [0.25, 0.3) is 11.0 Å². The van der Waals surface area contributed by atoms with Crippen LogP contribution < -0.4 is 5.32 Å². The Hall–Kier alpha value is -2.69. The molecule has 0 saturated heterocycles. The predicted octanol–water partition coefficient (Wildman–Crippen LogP) is 2.52. The van der Waals surface area contributed by atoms with Crippen molar-refractivity contribution in [1.82, 2.24) is 15.0 Å². The number of nitrogens with zero attached hydrogens (tertiary/aromatic N) is 2. The Labute approximate surface area is 109 Å². The van der Waals surface area contributed by atoms with E-state index in [1.54, 1.807) is 24.5 Å². The Morgan fingerprint density at radius 1 is 1.26 bits per heavy atom. The minimum absolute atomic E-state index is 0.186. The van der Waals surface area contributed by atoms with Crippen molar-refractivity contribution >= 4 is 22.8 Å². The number of pyridine rings is 1. The predicted molar refractivity (Wildman–Crippen MR) is 73.0 cm³/mol. The van der Waals surface area contributed by atoms with Gasteiger partial charge in [0.1, 0.15) is 5.82 Å². The highest BCUT2D eigenvalue weighted by molar-refractivity contribution is 6.05. The van der Waals surface area contributed by atoms with E-state index in [1.807, 2.05) is 25.1 Å². The zero-order chi connectivity index (χ0) is 13.2. The Balaban J connectivity index is 1.87. The zero-order valence-corrected chi connectivity index (χ0v) is 10.3. The topological polar surface area (TPSA) is 70.7 Å². The number of carbonyl (C=O) groups is 1. The molecule has 0 unspecified atom stereocenters. The number of nitrogens with one attached hydrogen (secondary N) is 2. The maximum absolute atomic E-state index is 12.1. The Kier molecular flexibility index (Phi) is 2.72. The van der Waals surface area contributed by atoms with Gasteiger partial charge in [0.15, 0.2) is 0 Å². The third kappa shape index (κ3) is 2.30. The molecule has 0 bridgehead atoms. The fourth-order valence-corrected chi connectivity index (χ4v) is 1.88. The first-order valence-electron chi connectivity index (χ1n) is 5.90. The van der Waals surface area contributed by atoms with Gasteiger partial charge >= 0.3 is 0 Å². The summed E-state index contributed by atoms with van der Waals surface area (Å²) in [4.78, 5) is 23.4. The largest absolute Gasteiger partial charge is 0.345 e. The number of benzene rings is 1. The molecule has 3 aromatic rings. The van der Waals surface area contributed by atoms with Crippen LogP contribution in [-0.2, 0) is 0 Å². The zero-order valence-electron chi connectivity index (χ0n) is 10.3. The van der Waals surface area contributed by atoms with E-state index in [0.717, 1.165) is 16.7 Å². The van der Waals surface area contributed by atoms with Gasteiger partial charge in [0.2, 0.25) is 0 Å². The normalized spacial score (nSPS) is 10.6. The molecule has 1 aromatic carbocycles. The summed E-state index contributed by atoms with van der Waals surface area (Å²) < 4.78 is 0. The number of imidazole rings is 1. The number of aryl methyl sites for hydroxylation is 1. The molecule has 0 spiro atoms. The van der Waals surface area contributed by atoms with Crippen molar-refractivity contribution in [2.24, 2.45) is 0 Å². The highest BCUT2D eigenvalue weighted by Gasteiger charge is 2.08. The van der Waals surface area contributed by atoms with E-state index >= 15 is 0 Å². The summed E-state index contributed by atoms with van der Waals surface area (Å²) in [6.07, 6.45) is 1.61. The molecule has 0 aliphatic heterocycles. The molecule has 0 radical (unpaired) electrons. The van der Waals surface area contributed by atoms with Crippen molar-refractivity contribution in [3.05, 3.63) is 54.0 Å². The lowest BCUT2D eigenvalue weighted by molar-refractivity contribution is 0.102. The molecule has 2 heterocycles. The number of hydrogen-bond acceptors (Lipinski definition) is 3. The Morgan fingerprint density at radius 2 is 2.16 bits per heavy atom. The lowest BCUT2D eigenvalue weighted by Crippen LogP contribution is -2.13. The second-order valence-electron chi connectivity index (χ2n) is 4.25. The summed E-state index contributed by atoms with van der Waals surface area (Å²) >= 11 is 0. The van der Waals surface area contributed by atoms with Crippen molar-refractivity contribution in [3.63, 3.8) is 0 Å². The van der Waals surface area contributed by atoms with Crippen LogP contribution in [0.15, 0.2) is 42.7 Å². The average molecular weight is 252 g/mol. The van der Waals surface area contributed by atoms with Gasteiger partial charge in [-0.25, -0.2) is 9.97 Å². The van der Waals surface area contributed by atoms with Crippen LogP contribution in [0.4, 0.5) is 5.82 Å². The molecule has 5 nitrogen and oxygen atoms in total. The second-order valence-corrected chi connectivity index (χ2v) is 4.25. The minimum Gasteiger partial charge on any atom is -0.345 e. The third-order valence-corrected chi connectivity index (χ3v) is 2.81. The van der Waals surface area contributed by atoms with Gasteiger partial charge in [-0.15, -0.1) is 0 Å². The van der Waals surface area contributed by atoms with Gasteiger partial charge in [-0.3, -0.25) is 4.79 Å². The van der Waals surface area contributed by atoms with Gasteiger partial charge in [0, 0.05) is 11.3 Å². The lowest BCUT2D eigenvalue weighted by atomic mass is 10.2. The summed E-state index contributed by atoms with van der Waals surface area (Å²) in [6.45, 7) is 1.88. The first-order chi connectivity index (χ1) is 9.22. The number of aromatic nitrogens is 3. The number of H-pyrrole nitrogens is 1. The second kappa shape index (κ2) is 4.53. The number of carbonyl (C=O) groups excluding carboxylic acids is 1. The molecule has 0 atom stereocenters. The van der Waals surface area contributed by atoms with E-state index < -0.39 is 0 Å². The molecular formula is C14H12N4O. The molecule has 1 amide bonds. The monoisotopic (exact) mass is 252 g/mol. The van der Waals surface area contributed by atoms with Crippen molar-refractivity contribution < 1.29 is 4.79 Å². The first kappa shape index (κ1) is 11.4. The fraction of sp³-hybridized carbons (Fsp3) is 0.0714. The number of fused-ring (bicyclic) bond motifs is 1. The van der Waals surface area contributed by atoms with Crippen LogP contribution in [0.2, 0.25) is 0 Å². The fourth-order valence-electron chi connectivity index (χ4n) is 1.88. The van der Waals surface area contributed by atoms with Crippen LogP contribution in [0.1, 0.15) is 16.1 Å². The molecule has 0 aliphatic carbocycles. The van der Waals surface area contributed by atoms with Gasteiger partial charge in [0.05, 0.1) is 17.4 Å². The van der Waals surface area contributed by atoms with Crippen LogP contribution in [0, 0.1) is 6.92 Å². The van der Waals surface area contributed by atoms with Crippen molar-refractivity contribution in [2.75, 3.05) is 5.32 Å². The van der Waals surface area contributed by atoms with Gasteiger partial charge in [-0.1, -0.05) is 6.07 Å². The van der Waals surface area contributed by atoms with Crippen LogP contribution in [0.3, 0.4) is 0 Å². The lowest BCUT2D eigenvalue weighted by Gasteiger charge is -2.05. The van der Waals surface area contributed by atoms with Crippen molar-refractivity contribution in [2.45, 2.75) is 6.92 Å². The maximum atomic E-state index is 12.1. The average Bonchev–Trinajstić information content (AvgIpc) is 2.85.